The van der Waals surface area contributed by atoms with Gasteiger partial charge in [0, 0.05) is 23.2 Å². The van der Waals surface area contributed by atoms with Crippen LogP contribution in [0.1, 0.15) is 54.4 Å². The summed E-state index contributed by atoms with van der Waals surface area (Å²) in [5.74, 6) is 0.0302. The fourth-order valence-electron chi connectivity index (χ4n) is 4.40. The van der Waals surface area contributed by atoms with Gasteiger partial charge < -0.3 is 13.4 Å². The van der Waals surface area contributed by atoms with Crippen molar-refractivity contribution < 1.29 is 18.2 Å². The van der Waals surface area contributed by atoms with Crippen LogP contribution in [0.2, 0.25) is 36.3 Å². The van der Waals surface area contributed by atoms with Gasteiger partial charge in [-0.15, -0.1) is 0 Å². The van der Waals surface area contributed by atoms with E-state index in [9.17, 15) is 9.36 Å². The first-order valence-electron chi connectivity index (χ1n) is 14.2. The Kier molecular flexibility index (Phi) is 9.62. The van der Waals surface area contributed by atoms with Crippen molar-refractivity contribution in [1.29, 1.82) is 0 Å². The lowest BCUT2D eigenvalue weighted by Gasteiger charge is -2.43. The summed E-state index contributed by atoms with van der Waals surface area (Å²) in [5, 5.41) is 1.68. The lowest BCUT2D eigenvalue weighted by molar-refractivity contribution is -0.124. The van der Waals surface area contributed by atoms with Crippen LogP contribution >= 0.6 is 7.14 Å². The maximum Gasteiger partial charge on any atom is 0.193 e. The SMILES string of the molecule is CC(C)(C)[Si](C)(C)OC1C=C(CCP(=O)(c2ccccc2)c2ccccc2)C(=O)[C@@H](O[Si](C)(C)C(C)(C)C)C1. The van der Waals surface area contributed by atoms with Gasteiger partial charge >= 0.3 is 0 Å². The average Bonchev–Trinajstić information content (AvgIpc) is 2.84. The summed E-state index contributed by atoms with van der Waals surface area (Å²) in [7, 11) is -7.24. The van der Waals surface area contributed by atoms with Gasteiger partial charge in [-0.1, -0.05) is 108 Å². The third kappa shape index (κ3) is 7.39. The number of Topliss-reactive ketones (excluding diaryl/α,β-unsaturated/α-hetero) is 1. The predicted molar refractivity (Wildman–Crippen MR) is 171 cm³/mol. The van der Waals surface area contributed by atoms with E-state index in [1.54, 1.807) is 0 Å². The van der Waals surface area contributed by atoms with Crippen LogP contribution in [-0.4, -0.2) is 40.8 Å². The number of carbonyl (C=O) groups is 1. The van der Waals surface area contributed by atoms with Gasteiger partial charge in [-0.05, 0) is 48.3 Å². The molecule has 2 atom stereocenters. The van der Waals surface area contributed by atoms with Crippen LogP contribution in [0.25, 0.3) is 0 Å². The number of rotatable bonds is 9. The molecule has 0 N–H and O–H groups in total. The number of hydrogen-bond acceptors (Lipinski definition) is 4. The van der Waals surface area contributed by atoms with Crippen LogP contribution in [0, 0.1) is 0 Å². The van der Waals surface area contributed by atoms with E-state index in [4.69, 9.17) is 8.85 Å². The Morgan fingerprint density at radius 2 is 1.21 bits per heavy atom. The first kappa shape index (κ1) is 32.0. The molecule has 0 aliphatic heterocycles. The Bertz CT molecular complexity index is 1160. The summed E-state index contributed by atoms with van der Waals surface area (Å²) in [4.78, 5) is 13.9. The van der Waals surface area contributed by atoms with Crippen molar-refractivity contribution in [3.05, 3.63) is 72.3 Å². The molecule has 1 aliphatic carbocycles. The molecule has 0 saturated heterocycles. The van der Waals surface area contributed by atoms with Gasteiger partial charge in [0.25, 0.3) is 0 Å². The lowest BCUT2D eigenvalue weighted by Crippen LogP contribution is -2.50. The van der Waals surface area contributed by atoms with Gasteiger partial charge in [-0.2, -0.15) is 0 Å². The van der Waals surface area contributed by atoms with Gasteiger partial charge in [0.1, 0.15) is 13.2 Å². The van der Waals surface area contributed by atoms with E-state index < -0.39 is 29.9 Å². The molecule has 0 fully saturated rings. The molecular formula is C32H49O4PSi2. The second-order valence-corrected chi connectivity index (χ2v) is 26.4. The molecule has 1 aliphatic rings. The molecule has 0 aromatic heterocycles. The Morgan fingerprint density at radius 1 is 0.769 bits per heavy atom. The monoisotopic (exact) mass is 584 g/mol. The van der Waals surface area contributed by atoms with Crippen molar-refractivity contribution in [3.8, 4) is 0 Å². The van der Waals surface area contributed by atoms with Crippen LogP contribution < -0.4 is 10.6 Å². The largest absolute Gasteiger partial charge is 0.410 e. The number of ketones is 1. The van der Waals surface area contributed by atoms with Crippen LogP contribution in [0.3, 0.4) is 0 Å². The molecule has 1 unspecified atom stereocenters. The van der Waals surface area contributed by atoms with Crippen LogP contribution in [0.5, 0.6) is 0 Å². The third-order valence-electron chi connectivity index (χ3n) is 8.98. The number of benzene rings is 2. The molecule has 2 aromatic carbocycles. The molecule has 214 valence electrons. The highest BCUT2D eigenvalue weighted by molar-refractivity contribution is 7.78. The van der Waals surface area contributed by atoms with Crippen molar-refractivity contribution in [1.82, 2.24) is 0 Å². The molecule has 4 nitrogen and oxygen atoms in total. The molecule has 0 bridgehead atoms. The fourth-order valence-corrected chi connectivity index (χ4v) is 9.62. The van der Waals surface area contributed by atoms with E-state index in [-0.39, 0.29) is 22.0 Å². The van der Waals surface area contributed by atoms with Gasteiger partial charge in [-0.25, -0.2) is 0 Å². The first-order chi connectivity index (χ1) is 17.9. The minimum absolute atomic E-state index is 0.0132. The zero-order valence-electron chi connectivity index (χ0n) is 25.7. The Balaban J connectivity index is 1.98. The molecular weight excluding hydrogens is 535 g/mol. The molecule has 3 rings (SSSR count). The summed E-state index contributed by atoms with van der Waals surface area (Å²) in [6, 6.07) is 19.4. The molecule has 0 radical (unpaired) electrons. The van der Waals surface area contributed by atoms with E-state index in [0.29, 0.717) is 24.6 Å². The Labute approximate surface area is 239 Å². The molecule has 0 heterocycles. The molecule has 0 spiro atoms. The van der Waals surface area contributed by atoms with Crippen molar-refractivity contribution in [2.75, 3.05) is 6.16 Å². The number of hydrogen-bond donors (Lipinski definition) is 0. The summed E-state index contributed by atoms with van der Waals surface area (Å²) in [5.41, 5.74) is 0.695. The van der Waals surface area contributed by atoms with E-state index in [0.717, 1.165) is 10.6 Å². The molecule has 0 saturated carbocycles. The zero-order chi connectivity index (χ0) is 29.3. The Hall–Kier alpha value is -1.57. The van der Waals surface area contributed by atoms with E-state index >= 15 is 0 Å². The maximum atomic E-state index is 14.7. The molecule has 2 aromatic rings. The van der Waals surface area contributed by atoms with E-state index in [2.05, 4.69) is 67.7 Å². The third-order valence-corrected chi connectivity index (χ3v) is 21.1. The van der Waals surface area contributed by atoms with Crippen molar-refractivity contribution in [3.63, 3.8) is 0 Å². The maximum absolute atomic E-state index is 14.7. The lowest BCUT2D eigenvalue weighted by atomic mass is 9.92. The molecule has 0 amide bonds. The summed E-state index contributed by atoms with van der Waals surface area (Å²) < 4.78 is 28.2. The zero-order valence-corrected chi connectivity index (χ0v) is 28.6. The van der Waals surface area contributed by atoms with Gasteiger partial charge in [-0.3, -0.25) is 4.79 Å². The average molecular weight is 585 g/mol. The smallest absolute Gasteiger partial charge is 0.193 e. The quantitative estimate of drug-likeness (QED) is 0.221. The second-order valence-electron chi connectivity index (χ2n) is 14.0. The van der Waals surface area contributed by atoms with E-state index in [1.165, 1.54) is 0 Å². The highest BCUT2D eigenvalue weighted by Crippen LogP contribution is 2.46. The fraction of sp³-hybridized carbons (Fsp3) is 0.531. The normalized spacial score (nSPS) is 19.6. The molecule has 39 heavy (non-hydrogen) atoms. The molecule has 7 heteroatoms. The van der Waals surface area contributed by atoms with Crippen LogP contribution in [-0.2, 0) is 18.2 Å². The highest BCUT2D eigenvalue weighted by atomic mass is 31.2. The summed E-state index contributed by atoms with van der Waals surface area (Å²) in [6.07, 6.45) is 2.65. The van der Waals surface area contributed by atoms with Gasteiger partial charge in [0.15, 0.2) is 22.4 Å². The first-order valence-corrected chi connectivity index (χ1v) is 21.9. The van der Waals surface area contributed by atoms with Crippen LogP contribution in [0.15, 0.2) is 72.3 Å². The van der Waals surface area contributed by atoms with Crippen molar-refractivity contribution >= 4 is 40.2 Å². The second kappa shape index (κ2) is 11.7. The minimum Gasteiger partial charge on any atom is -0.410 e. The highest BCUT2D eigenvalue weighted by Gasteiger charge is 2.45. The van der Waals surface area contributed by atoms with Gasteiger partial charge in [0.05, 0.1) is 6.10 Å². The van der Waals surface area contributed by atoms with Crippen molar-refractivity contribution in [2.45, 2.75) is 103 Å². The standard InChI is InChI=1S/C32H49O4PSi2/c1-31(2,3)38(7,8)35-26-23-25(30(33)29(24-26)36-39(9,10)32(4,5)6)21-22-37(34,27-17-13-11-14-18-27)28-19-15-12-16-20-28/h11-20,23,26,29H,21-22,24H2,1-10H3/t26?,29-/m0/s1. The predicted octanol–water partition coefficient (Wildman–Crippen LogP) is 8.07. The minimum atomic E-state index is -2.95. The van der Waals surface area contributed by atoms with Crippen molar-refractivity contribution in [2.24, 2.45) is 0 Å². The number of carbonyl (C=O) groups excluding carboxylic acids is 1. The summed E-state index contributed by atoms with van der Waals surface area (Å²) in [6.45, 7) is 22.2. The Morgan fingerprint density at radius 3 is 1.64 bits per heavy atom. The summed E-state index contributed by atoms with van der Waals surface area (Å²) >= 11 is 0. The van der Waals surface area contributed by atoms with Gasteiger partial charge in [0.2, 0.25) is 0 Å². The van der Waals surface area contributed by atoms with E-state index in [1.807, 2.05) is 66.7 Å². The van der Waals surface area contributed by atoms with Crippen LogP contribution in [0.4, 0.5) is 0 Å². The topological polar surface area (TPSA) is 52.6 Å².